The van der Waals surface area contributed by atoms with Gasteiger partial charge in [0.05, 0.1) is 0 Å². The van der Waals surface area contributed by atoms with Crippen molar-refractivity contribution in [3.05, 3.63) is 35.4 Å². The molecule has 2 atom stereocenters. The summed E-state index contributed by atoms with van der Waals surface area (Å²) in [4.78, 5) is 39.1. The number of amides is 4. The maximum absolute atomic E-state index is 13.2. The van der Waals surface area contributed by atoms with Gasteiger partial charge >= 0.3 is 6.03 Å². The van der Waals surface area contributed by atoms with Gasteiger partial charge in [0.25, 0.3) is 5.91 Å². The maximum atomic E-state index is 13.2. The first-order chi connectivity index (χ1) is 12.8. The third-order valence-electron chi connectivity index (χ3n) is 5.54. The zero-order valence-corrected chi connectivity index (χ0v) is 16.4. The zero-order valence-electron chi connectivity index (χ0n) is 16.4. The molecule has 2 N–H and O–H groups in total. The van der Waals surface area contributed by atoms with E-state index in [0.717, 1.165) is 41.7 Å². The van der Waals surface area contributed by atoms with Crippen molar-refractivity contribution in [1.82, 2.24) is 15.5 Å². The molecule has 1 heterocycles. The number of nitrogens with one attached hydrogen (secondary N) is 2. The van der Waals surface area contributed by atoms with E-state index in [1.807, 2.05) is 31.2 Å². The minimum Gasteiger partial charge on any atom is -0.352 e. The Balaban J connectivity index is 1.70. The number of hydrogen-bond donors (Lipinski definition) is 2. The lowest BCUT2D eigenvalue weighted by atomic mass is 9.76. The quantitative estimate of drug-likeness (QED) is 0.755. The van der Waals surface area contributed by atoms with Gasteiger partial charge in [0.1, 0.15) is 12.1 Å². The van der Waals surface area contributed by atoms with Crippen molar-refractivity contribution in [2.45, 2.75) is 64.5 Å². The van der Waals surface area contributed by atoms with Crippen molar-refractivity contribution in [3.8, 4) is 0 Å². The molecule has 146 valence electrons. The Morgan fingerprint density at radius 1 is 1.22 bits per heavy atom. The zero-order chi connectivity index (χ0) is 19.6. The first kappa shape index (κ1) is 19.4. The van der Waals surface area contributed by atoms with Gasteiger partial charge in [-0.1, -0.05) is 38.1 Å². The van der Waals surface area contributed by atoms with E-state index in [-0.39, 0.29) is 24.4 Å². The summed E-state index contributed by atoms with van der Waals surface area (Å²) >= 11 is 0. The summed E-state index contributed by atoms with van der Waals surface area (Å²) in [5, 5.41) is 5.78. The second kappa shape index (κ2) is 7.71. The average Bonchev–Trinajstić information content (AvgIpc) is 2.85. The number of fused-ring (bicyclic) bond motifs is 2. The molecule has 6 nitrogen and oxygen atoms in total. The van der Waals surface area contributed by atoms with E-state index in [1.54, 1.807) is 0 Å². The molecule has 0 saturated carbocycles. The summed E-state index contributed by atoms with van der Waals surface area (Å²) in [5.74, 6) is -0.0398. The minimum absolute atomic E-state index is 0.0185. The van der Waals surface area contributed by atoms with Crippen LogP contribution in [0.15, 0.2) is 24.3 Å². The summed E-state index contributed by atoms with van der Waals surface area (Å²) in [6.07, 6.45) is 4.19. The Bertz CT molecular complexity index is 746. The van der Waals surface area contributed by atoms with Crippen molar-refractivity contribution in [2.24, 2.45) is 5.92 Å². The fourth-order valence-electron chi connectivity index (χ4n) is 4.07. The molecule has 0 bridgehead atoms. The van der Waals surface area contributed by atoms with Gasteiger partial charge in [0.15, 0.2) is 0 Å². The molecule has 4 amide bonds. The molecule has 2 aliphatic rings. The van der Waals surface area contributed by atoms with Crippen LogP contribution in [0.1, 0.15) is 57.6 Å². The number of benzene rings is 1. The van der Waals surface area contributed by atoms with Crippen LogP contribution in [0.2, 0.25) is 0 Å². The monoisotopic (exact) mass is 371 g/mol. The minimum atomic E-state index is -1.02. The Hall–Kier alpha value is -2.37. The molecule has 3 rings (SSSR count). The molecule has 0 radical (unpaired) electrons. The maximum Gasteiger partial charge on any atom is 0.325 e. The molecular formula is C21H29N3O3. The van der Waals surface area contributed by atoms with Crippen molar-refractivity contribution in [2.75, 3.05) is 6.54 Å². The molecular weight excluding hydrogens is 342 g/mol. The second-order valence-electron chi connectivity index (χ2n) is 8.18. The van der Waals surface area contributed by atoms with Gasteiger partial charge in [0.2, 0.25) is 5.91 Å². The number of rotatable bonds is 6. The van der Waals surface area contributed by atoms with Crippen LogP contribution < -0.4 is 10.6 Å². The highest BCUT2D eigenvalue weighted by molar-refractivity contribution is 6.09. The fourth-order valence-corrected chi connectivity index (χ4v) is 4.07. The van der Waals surface area contributed by atoms with Gasteiger partial charge in [0, 0.05) is 6.04 Å². The molecule has 1 saturated heterocycles. The molecule has 1 aromatic carbocycles. The summed E-state index contributed by atoms with van der Waals surface area (Å²) in [7, 11) is 0. The van der Waals surface area contributed by atoms with Gasteiger partial charge in [-0.15, -0.1) is 0 Å². The predicted molar refractivity (Wildman–Crippen MR) is 103 cm³/mol. The third-order valence-corrected chi connectivity index (χ3v) is 5.54. The Kier molecular flexibility index (Phi) is 5.53. The fraction of sp³-hybridized carbons (Fsp3) is 0.571. The van der Waals surface area contributed by atoms with E-state index in [0.29, 0.717) is 12.3 Å². The number of nitrogens with zero attached hydrogens (tertiary/aromatic N) is 1. The molecule has 6 heteroatoms. The highest BCUT2D eigenvalue weighted by Gasteiger charge is 2.54. The molecule has 1 spiro atoms. The topological polar surface area (TPSA) is 78.5 Å². The number of carbonyl (C=O) groups is 3. The highest BCUT2D eigenvalue weighted by Crippen LogP contribution is 2.39. The van der Waals surface area contributed by atoms with Crippen LogP contribution in [0.25, 0.3) is 0 Å². The smallest absolute Gasteiger partial charge is 0.325 e. The predicted octanol–water partition coefficient (Wildman–Crippen LogP) is 2.71. The highest BCUT2D eigenvalue weighted by atomic mass is 16.2. The van der Waals surface area contributed by atoms with Crippen LogP contribution >= 0.6 is 0 Å². The van der Waals surface area contributed by atoms with Gasteiger partial charge in [-0.2, -0.15) is 0 Å². The lowest BCUT2D eigenvalue weighted by Gasteiger charge is -2.33. The Morgan fingerprint density at radius 2 is 1.96 bits per heavy atom. The molecule has 0 unspecified atom stereocenters. The van der Waals surface area contributed by atoms with Crippen molar-refractivity contribution < 1.29 is 14.4 Å². The van der Waals surface area contributed by atoms with E-state index < -0.39 is 11.6 Å². The number of urea groups is 1. The first-order valence-electron chi connectivity index (χ1n) is 9.85. The van der Waals surface area contributed by atoms with E-state index >= 15 is 0 Å². The van der Waals surface area contributed by atoms with Gasteiger partial charge < -0.3 is 10.6 Å². The van der Waals surface area contributed by atoms with E-state index in [2.05, 4.69) is 24.5 Å². The second-order valence-corrected chi connectivity index (χ2v) is 8.18. The average molecular weight is 371 g/mol. The van der Waals surface area contributed by atoms with Crippen LogP contribution in [0.3, 0.4) is 0 Å². The molecule has 27 heavy (non-hydrogen) atoms. The van der Waals surface area contributed by atoms with Crippen LogP contribution in [0.5, 0.6) is 0 Å². The summed E-state index contributed by atoms with van der Waals surface area (Å²) in [6, 6.07) is 7.28. The summed E-state index contributed by atoms with van der Waals surface area (Å²) < 4.78 is 0. The normalized spacial score (nSPS) is 22.7. The van der Waals surface area contributed by atoms with Crippen LogP contribution in [-0.2, 0) is 21.5 Å². The molecule has 1 fully saturated rings. The van der Waals surface area contributed by atoms with E-state index in [4.69, 9.17) is 0 Å². The van der Waals surface area contributed by atoms with Crippen molar-refractivity contribution in [3.63, 3.8) is 0 Å². The standard InChI is InChI=1S/C21H29N3O3/c1-14(2)10-11-15(3)22-18(25)13-24-19(26)21(23-20(24)27)12-6-8-16-7-4-5-9-17(16)21/h4-5,7,9,14-15H,6,8,10-13H2,1-3H3,(H,22,25)(H,23,27)/t15-,21+/m0/s1. The number of aryl methyl sites for hydroxylation is 1. The van der Waals surface area contributed by atoms with Crippen LogP contribution in [-0.4, -0.2) is 35.3 Å². The number of hydrogen-bond acceptors (Lipinski definition) is 3. The first-order valence-corrected chi connectivity index (χ1v) is 9.85. The lowest BCUT2D eigenvalue weighted by Crippen LogP contribution is -2.47. The van der Waals surface area contributed by atoms with Gasteiger partial charge in [-0.25, -0.2) is 4.79 Å². The van der Waals surface area contributed by atoms with Gasteiger partial charge in [-0.05, 0) is 56.1 Å². The molecule has 1 aliphatic carbocycles. The lowest BCUT2D eigenvalue weighted by molar-refractivity contribution is -0.135. The molecule has 1 aromatic rings. The van der Waals surface area contributed by atoms with E-state index in [9.17, 15) is 14.4 Å². The van der Waals surface area contributed by atoms with Gasteiger partial charge in [-0.3, -0.25) is 14.5 Å². The summed E-state index contributed by atoms with van der Waals surface area (Å²) in [5.41, 5.74) is 0.934. The van der Waals surface area contributed by atoms with Crippen LogP contribution in [0.4, 0.5) is 4.79 Å². The van der Waals surface area contributed by atoms with Crippen LogP contribution in [0, 0.1) is 5.92 Å². The van der Waals surface area contributed by atoms with E-state index in [1.165, 1.54) is 0 Å². The molecule has 0 aromatic heterocycles. The van der Waals surface area contributed by atoms with Crippen molar-refractivity contribution in [1.29, 1.82) is 0 Å². The summed E-state index contributed by atoms with van der Waals surface area (Å²) in [6.45, 7) is 6.00. The Morgan fingerprint density at radius 3 is 2.70 bits per heavy atom. The third kappa shape index (κ3) is 3.84. The largest absolute Gasteiger partial charge is 0.352 e. The number of imide groups is 1. The SMILES string of the molecule is CC(C)CC[C@H](C)NC(=O)CN1C(=O)N[C@@]2(CCCc3ccccc32)C1=O. The Labute approximate surface area is 160 Å². The van der Waals surface area contributed by atoms with Crippen molar-refractivity contribution >= 4 is 17.8 Å². The number of carbonyl (C=O) groups excluding carboxylic acids is 3. The molecule has 1 aliphatic heterocycles.